The maximum atomic E-state index is 12.7. The quantitative estimate of drug-likeness (QED) is 0.835. The second-order valence-corrected chi connectivity index (χ2v) is 7.50. The van der Waals surface area contributed by atoms with Crippen LogP contribution in [0.4, 0.5) is 13.2 Å². The third-order valence-electron chi connectivity index (χ3n) is 3.19. The molecule has 0 radical (unpaired) electrons. The smallest absolute Gasteiger partial charge is 0.313 e. The van der Waals surface area contributed by atoms with Crippen molar-refractivity contribution in [3.63, 3.8) is 0 Å². The lowest BCUT2D eigenvalue weighted by molar-refractivity contribution is -0.137. The summed E-state index contributed by atoms with van der Waals surface area (Å²) in [6.07, 6.45) is -2.79. The number of sulfonamides is 1. The van der Waals surface area contributed by atoms with E-state index in [1.54, 1.807) is 0 Å². The SMILES string of the molecule is O=S(=O)(NCC1CCCN1)c1cc(Br)cc(C(F)(F)F)c1. The van der Waals surface area contributed by atoms with Crippen LogP contribution in [-0.2, 0) is 16.2 Å². The van der Waals surface area contributed by atoms with Crippen molar-refractivity contribution >= 4 is 26.0 Å². The second-order valence-electron chi connectivity index (χ2n) is 4.82. The fourth-order valence-electron chi connectivity index (χ4n) is 2.11. The number of nitrogens with one attached hydrogen (secondary N) is 2. The van der Waals surface area contributed by atoms with Crippen molar-refractivity contribution in [1.29, 1.82) is 0 Å². The summed E-state index contributed by atoms with van der Waals surface area (Å²) in [6, 6.07) is 2.65. The average molecular weight is 387 g/mol. The Morgan fingerprint density at radius 1 is 1.33 bits per heavy atom. The van der Waals surface area contributed by atoms with E-state index >= 15 is 0 Å². The van der Waals surface area contributed by atoms with E-state index in [2.05, 4.69) is 26.0 Å². The highest BCUT2D eigenvalue weighted by molar-refractivity contribution is 9.10. The molecule has 2 N–H and O–H groups in total. The zero-order chi connectivity index (χ0) is 15.7. The molecule has 21 heavy (non-hydrogen) atoms. The minimum absolute atomic E-state index is 0.0222. The van der Waals surface area contributed by atoms with Crippen LogP contribution in [0.25, 0.3) is 0 Å². The molecule has 0 saturated carbocycles. The molecule has 0 amide bonds. The van der Waals surface area contributed by atoms with Gasteiger partial charge in [0.15, 0.2) is 0 Å². The van der Waals surface area contributed by atoms with Crippen molar-refractivity contribution in [3.8, 4) is 0 Å². The number of halogens is 4. The Morgan fingerprint density at radius 2 is 2.05 bits per heavy atom. The van der Waals surface area contributed by atoms with Crippen LogP contribution >= 0.6 is 15.9 Å². The maximum absolute atomic E-state index is 12.7. The Morgan fingerprint density at radius 3 is 2.62 bits per heavy atom. The molecule has 1 heterocycles. The molecule has 9 heteroatoms. The lowest BCUT2D eigenvalue weighted by Gasteiger charge is -2.14. The van der Waals surface area contributed by atoms with Gasteiger partial charge in [-0.3, -0.25) is 0 Å². The first-order valence-electron chi connectivity index (χ1n) is 6.29. The Bertz CT molecular complexity index is 613. The molecule has 1 unspecified atom stereocenters. The first kappa shape index (κ1) is 16.7. The zero-order valence-electron chi connectivity index (χ0n) is 10.9. The standard InChI is InChI=1S/C12H14BrF3N2O2S/c13-9-4-8(12(14,15)16)5-11(6-9)21(19,20)18-7-10-2-1-3-17-10/h4-6,10,17-18H,1-3,7H2. The molecule has 2 rings (SSSR count). The molecule has 4 nitrogen and oxygen atoms in total. The summed E-state index contributed by atoms with van der Waals surface area (Å²) in [6.45, 7) is 0.984. The van der Waals surface area contributed by atoms with Crippen molar-refractivity contribution in [2.24, 2.45) is 0 Å². The van der Waals surface area contributed by atoms with Crippen LogP contribution in [0.15, 0.2) is 27.6 Å². The van der Waals surface area contributed by atoms with Crippen molar-refractivity contribution in [2.75, 3.05) is 13.1 Å². The van der Waals surface area contributed by atoms with Crippen molar-refractivity contribution in [2.45, 2.75) is 30.0 Å². The van der Waals surface area contributed by atoms with Gasteiger partial charge in [-0.2, -0.15) is 13.2 Å². The lowest BCUT2D eigenvalue weighted by Crippen LogP contribution is -2.37. The Hall–Kier alpha value is -0.640. The summed E-state index contributed by atoms with van der Waals surface area (Å²) in [7, 11) is -3.97. The van der Waals surface area contributed by atoms with E-state index in [0.717, 1.165) is 31.5 Å². The first-order valence-corrected chi connectivity index (χ1v) is 8.57. The predicted octanol–water partition coefficient (Wildman–Crippen LogP) is 2.50. The summed E-state index contributed by atoms with van der Waals surface area (Å²) in [4.78, 5) is -0.401. The lowest BCUT2D eigenvalue weighted by atomic mass is 10.2. The van der Waals surface area contributed by atoms with Crippen molar-refractivity contribution < 1.29 is 21.6 Å². The Balaban J connectivity index is 2.20. The molecule has 1 aliphatic heterocycles. The molecule has 0 aliphatic carbocycles. The fourth-order valence-corrected chi connectivity index (χ4v) is 3.90. The zero-order valence-corrected chi connectivity index (χ0v) is 13.3. The fraction of sp³-hybridized carbons (Fsp3) is 0.500. The molecule has 1 atom stereocenters. The number of hydrogen-bond acceptors (Lipinski definition) is 3. The molecule has 118 valence electrons. The summed E-state index contributed by atoms with van der Waals surface area (Å²) in [5, 5.41) is 3.11. The van der Waals surface area contributed by atoms with Gasteiger partial charge in [0.25, 0.3) is 0 Å². The molecule has 0 spiro atoms. The number of alkyl halides is 3. The van der Waals surface area contributed by atoms with Gasteiger partial charge in [0.2, 0.25) is 10.0 Å². The molecular weight excluding hydrogens is 373 g/mol. The molecular formula is C12H14BrF3N2O2S. The molecule has 1 aromatic rings. The number of hydrogen-bond donors (Lipinski definition) is 2. The van der Waals surface area contributed by atoms with Gasteiger partial charge in [-0.15, -0.1) is 0 Å². The van der Waals surface area contributed by atoms with Gasteiger partial charge in [0, 0.05) is 17.1 Å². The van der Waals surface area contributed by atoms with Gasteiger partial charge < -0.3 is 5.32 Å². The normalized spacial score (nSPS) is 19.9. The van der Waals surface area contributed by atoms with Crippen molar-refractivity contribution in [1.82, 2.24) is 10.0 Å². The minimum atomic E-state index is -4.60. The van der Waals surface area contributed by atoms with E-state index in [1.807, 2.05) is 0 Å². The van der Waals surface area contributed by atoms with Crippen LogP contribution in [-0.4, -0.2) is 27.5 Å². The highest BCUT2D eigenvalue weighted by Crippen LogP contribution is 2.33. The second kappa shape index (κ2) is 6.23. The minimum Gasteiger partial charge on any atom is -0.313 e. The topological polar surface area (TPSA) is 58.2 Å². The van der Waals surface area contributed by atoms with E-state index in [0.29, 0.717) is 6.07 Å². The van der Waals surface area contributed by atoms with Crippen LogP contribution in [0.5, 0.6) is 0 Å². The predicted molar refractivity (Wildman–Crippen MR) is 75.4 cm³/mol. The van der Waals surface area contributed by atoms with E-state index in [4.69, 9.17) is 0 Å². The number of benzene rings is 1. The van der Waals surface area contributed by atoms with E-state index < -0.39 is 26.7 Å². The Labute approximate surface area is 129 Å². The van der Waals surface area contributed by atoms with E-state index in [-0.39, 0.29) is 17.1 Å². The van der Waals surface area contributed by atoms with Crippen molar-refractivity contribution in [3.05, 3.63) is 28.2 Å². The summed E-state index contributed by atoms with van der Waals surface area (Å²) in [5.41, 5.74) is -1.00. The van der Waals surface area contributed by atoms with Gasteiger partial charge in [0.05, 0.1) is 10.5 Å². The molecule has 0 bridgehead atoms. The summed E-state index contributed by atoms with van der Waals surface area (Å²) < 4.78 is 64.8. The van der Waals surface area contributed by atoms with Crippen LogP contribution in [0.3, 0.4) is 0 Å². The molecule has 0 aromatic heterocycles. The molecule has 1 fully saturated rings. The van der Waals surface area contributed by atoms with E-state index in [1.165, 1.54) is 0 Å². The van der Waals surface area contributed by atoms with Gasteiger partial charge in [-0.05, 0) is 37.6 Å². The third-order valence-corrected chi connectivity index (χ3v) is 5.05. The molecule has 1 saturated heterocycles. The van der Waals surface area contributed by atoms with Crippen LogP contribution in [0.2, 0.25) is 0 Å². The Kier molecular flexibility index (Phi) is 4.96. The molecule has 1 aromatic carbocycles. The third kappa shape index (κ3) is 4.41. The van der Waals surface area contributed by atoms with Gasteiger partial charge in [-0.1, -0.05) is 15.9 Å². The largest absolute Gasteiger partial charge is 0.416 e. The number of rotatable bonds is 4. The van der Waals surface area contributed by atoms with Gasteiger partial charge in [0.1, 0.15) is 0 Å². The van der Waals surface area contributed by atoms with Gasteiger partial charge in [-0.25, -0.2) is 13.1 Å². The van der Waals surface area contributed by atoms with E-state index in [9.17, 15) is 21.6 Å². The van der Waals surface area contributed by atoms with Gasteiger partial charge >= 0.3 is 6.18 Å². The van der Waals surface area contributed by atoms with Crippen LogP contribution < -0.4 is 10.0 Å². The monoisotopic (exact) mass is 386 g/mol. The summed E-state index contributed by atoms with van der Waals surface area (Å²) >= 11 is 2.91. The van der Waals surface area contributed by atoms with Crippen LogP contribution in [0, 0.1) is 0 Å². The highest BCUT2D eigenvalue weighted by Gasteiger charge is 2.32. The highest BCUT2D eigenvalue weighted by atomic mass is 79.9. The average Bonchev–Trinajstić information content (AvgIpc) is 2.88. The summed E-state index contributed by atoms with van der Waals surface area (Å²) in [5.74, 6) is 0. The maximum Gasteiger partial charge on any atom is 0.416 e. The first-order chi connectivity index (χ1) is 9.68. The van der Waals surface area contributed by atoms with Crippen LogP contribution in [0.1, 0.15) is 18.4 Å². The molecule has 1 aliphatic rings.